The normalized spacial score (nSPS) is 11.6. The van der Waals surface area contributed by atoms with Crippen LogP contribution in [0.15, 0.2) is 52.2 Å². The lowest BCUT2D eigenvalue weighted by atomic mass is 10.2. The zero-order valence-corrected chi connectivity index (χ0v) is 15.3. The molecule has 0 bridgehead atoms. The average molecular weight is 373 g/mol. The topological polar surface area (TPSA) is 101 Å². The minimum absolute atomic E-state index is 0.117. The Labute approximate surface area is 151 Å². The van der Waals surface area contributed by atoms with Crippen LogP contribution in [0.5, 0.6) is 5.75 Å². The molecule has 2 N–H and O–H groups in total. The molecular formula is C18H19N3O4S. The number of aromatic nitrogens is 2. The second kappa shape index (κ2) is 7.27. The molecule has 0 atom stereocenters. The van der Waals surface area contributed by atoms with Crippen molar-refractivity contribution in [1.29, 1.82) is 0 Å². The molecule has 0 spiro atoms. The van der Waals surface area contributed by atoms with Gasteiger partial charge >= 0.3 is 0 Å². The summed E-state index contributed by atoms with van der Waals surface area (Å²) in [6.45, 7) is 4.37. The number of H-pyrrole nitrogens is 1. The van der Waals surface area contributed by atoms with Gasteiger partial charge in [0.05, 0.1) is 22.4 Å². The van der Waals surface area contributed by atoms with Crippen LogP contribution in [0.3, 0.4) is 0 Å². The van der Waals surface area contributed by atoms with E-state index < -0.39 is 10.0 Å². The van der Waals surface area contributed by atoms with Crippen molar-refractivity contribution in [3.63, 3.8) is 0 Å². The maximum Gasteiger partial charge on any atom is 0.259 e. The maximum absolute atomic E-state index is 12.4. The van der Waals surface area contributed by atoms with Gasteiger partial charge in [-0.15, -0.1) is 0 Å². The van der Waals surface area contributed by atoms with E-state index in [1.54, 1.807) is 37.3 Å². The fourth-order valence-corrected chi connectivity index (χ4v) is 3.68. The van der Waals surface area contributed by atoms with E-state index in [1.165, 1.54) is 12.1 Å². The summed E-state index contributed by atoms with van der Waals surface area (Å²) in [6.07, 6.45) is 0. The second-order valence-corrected chi connectivity index (χ2v) is 7.32. The second-order valence-electron chi connectivity index (χ2n) is 5.56. The third-order valence-corrected chi connectivity index (χ3v) is 5.28. The van der Waals surface area contributed by atoms with Gasteiger partial charge in [-0.2, -0.15) is 0 Å². The molecule has 1 heterocycles. The van der Waals surface area contributed by atoms with Crippen molar-refractivity contribution in [2.75, 3.05) is 13.2 Å². The van der Waals surface area contributed by atoms with Crippen LogP contribution in [0.25, 0.3) is 22.3 Å². The zero-order valence-electron chi connectivity index (χ0n) is 14.4. The standard InChI is InChI=1S/C18H19N3O4S/c1-3-19-26(23,24)14-7-5-6-12(10-14)17-20-16-9-8-13(25-4-2)11-15(16)18(22)21-17/h5-11,19H,3-4H2,1-2H3,(H,20,21,22). The molecule has 0 aliphatic heterocycles. The number of aromatic amines is 1. The lowest BCUT2D eigenvalue weighted by Crippen LogP contribution is -2.23. The summed E-state index contributed by atoms with van der Waals surface area (Å²) in [5, 5.41) is 0.413. The summed E-state index contributed by atoms with van der Waals surface area (Å²) >= 11 is 0. The van der Waals surface area contributed by atoms with Crippen molar-refractivity contribution in [2.45, 2.75) is 18.7 Å². The SMILES string of the molecule is CCNS(=O)(=O)c1cccc(-c2nc3ccc(OCC)cc3c(=O)[nH]2)c1. The first-order valence-corrected chi connectivity index (χ1v) is 9.70. The highest BCUT2D eigenvalue weighted by Gasteiger charge is 2.14. The van der Waals surface area contributed by atoms with E-state index >= 15 is 0 Å². The van der Waals surface area contributed by atoms with E-state index in [0.717, 1.165) is 0 Å². The summed E-state index contributed by atoms with van der Waals surface area (Å²) in [5.41, 5.74) is 0.704. The van der Waals surface area contributed by atoms with Crippen LogP contribution >= 0.6 is 0 Å². The molecule has 0 aliphatic rings. The maximum atomic E-state index is 12.4. The number of hydrogen-bond donors (Lipinski definition) is 2. The van der Waals surface area contributed by atoms with Crippen molar-refractivity contribution < 1.29 is 13.2 Å². The van der Waals surface area contributed by atoms with E-state index in [4.69, 9.17) is 4.74 Å². The van der Waals surface area contributed by atoms with Crippen molar-refractivity contribution in [3.8, 4) is 17.1 Å². The first-order chi connectivity index (χ1) is 12.4. The molecule has 3 rings (SSSR count). The van der Waals surface area contributed by atoms with Crippen LogP contribution < -0.4 is 15.0 Å². The van der Waals surface area contributed by atoms with E-state index in [9.17, 15) is 13.2 Å². The Hall–Kier alpha value is -2.71. The number of rotatable bonds is 6. The van der Waals surface area contributed by atoms with E-state index in [2.05, 4.69) is 14.7 Å². The Morgan fingerprint density at radius 1 is 1.15 bits per heavy atom. The lowest BCUT2D eigenvalue weighted by molar-refractivity contribution is 0.340. The van der Waals surface area contributed by atoms with Crippen LogP contribution in [0.2, 0.25) is 0 Å². The highest BCUT2D eigenvalue weighted by molar-refractivity contribution is 7.89. The largest absolute Gasteiger partial charge is 0.494 e. The minimum Gasteiger partial charge on any atom is -0.494 e. The number of fused-ring (bicyclic) bond motifs is 1. The van der Waals surface area contributed by atoms with Crippen LogP contribution in [-0.2, 0) is 10.0 Å². The number of nitrogens with zero attached hydrogens (tertiary/aromatic N) is 1. The Kier molecular flexibility index (Phi) is 5.06. The van der Waals surface area contributed by atoms with Gasteiger partial charge in [0.15, 0.2) is 0 Å². The van der Waals surface area contributed by atoms with Crippen LogP contribution in [0.4, 0.5) is 0 Å². The van der Waals surface area contributed by atoms with Gasteiger partial charge in [0, 0.05) is 12.1 Å². The fraction of sp³-hybridized carbons (Fsp3) is 0.222. The fourth-order valence-electron chi connectivity index (χ4n) is 2.59. The monoisotopic (exact) mass is 373 g/mol. The summed E-state index contributed by atoms with van der Waals surface area (Å²) in [6, 6.07) is 11.4. The van der Waals surface area contributed by atoms with E-state index in [0.29, 0.717) is 41.2 Å². The quantitative estimate of drug-likeness (QED) is 0.690. The molecule has 0 saturated heterocycles. The molecule has 2 aromatic carbocycles. The van der Waals surface area contributed by atoms with Gasteiger partial charge in [-0.25, -0.2) is 18.1 Å². The van der Waals surface area contributed by atoms with Gasteiger partial charge in [-0.1, -0.05) is 19.1 Å². The summed E-state index contributed by atoms with van der Waals surface area (Å²) in [7, 11) is -3.59. The van der Waals surface area contributed by atoms with E-state index in [1.807, 2.05) is 6.92 Å². The Balaban J connectivity index is 2.09. The van der Waals surface area contributed by atoms with Crippen molar-refractivity contribution in [2.24, 2.45) is 0 Å². The molecule has 26 heavy (non-hydrogen) atoms. The van der Waals surface area contributed by atoms with E-state index in [-0.39, 0.29) is 10.5 Å². The third kappa shape index (κ3) is 3.61. The molecule has 8 heteroatoms. The Morgan fingerprint density at radius 3 is 2.69 bits per heavy atom. The Morgan fingerprint density at radius 2 is 1.96 bits per heavy atom. The molecule has 1 aromatic heterocycles. The number of hydrogen-bond acceptors (Lipinski definition) is 5. The zero-order chi connectivity index (χ0) is 18.7. The Bertz CT molecular complexity index is 1110. The number of nitrogens with one attached hydrogen (secondary N) is 2. The molecule has 7 nitrogen and oxygen atoms in total. The molecule has 0 unspecified atom stereocenters. The molecule has 0 aliphatic carbocycles. The molecule has 0 fully saturated rings. The predicted molar refractivity (Wildman–Crippen MR) is 99.8 cm³/mol. The van der Waals surface area contributed by atoms with Crippen LogP contribution in [0, 0.1) is 0 Å². The highest BCUT2D eigenvalue weighted by atomic mass is 32.2. The van der Waals surface area contributed by atoms with Crippen LogP contribution in [-0.4, -0.2) is 31.5 Å². The average Bonchev–Trinajstić information content (AvgIpc) is 2.62. The summed E-state index contributed by atoms with van der Waals surface area (Å²) < 4.78 is 32.2. The number of sulfonamides is 1. The first kappa shape index (κ1) is 18.1. The van der Waals surface area contributed by atoms with Crippen molar-refractivity contribution >= 4 is 20.9 Å². The van der Waals surface area contributed by atoms with Gasteiger partial charge < -0.3 is 9.72 Å². The summed E-state index contributed by atoms with van der Waals surface area (Å²) in [5.74, 6) is 0.902. The molecule has 0 amide bonds. The van der Waals surface area contributed by atoms with Crippen molar-refractivity contribution in [3.05, 3.63) is 52.8 Å². The lowest BCUT2D eigenvalue weighted by Gasteiger charge is -2.08. The van der Waals surface area contributed by atoms with Crippen LogP contribution in [0.1, 0.15) is 13.8 Å². The van der Waals surface area contributed by atoms with Gasteiger partial charge in [0.1, 0.15) is 11.6 Å². The number of benzene rings is 2. The summed E-state index contributed by atoms with van der Waals surface area (Å²) in [4.78, 5) is 19.7. The first-order valence-electron chi connectivity index (χ1n) is 8.21. The van der Waals surface area contributed by atoms with Gasteiger partial charge in [0.2, 0.25) is 10.0 Å². The van der Waals surface area contributed by atoms with Crippen molar-refractivity contribution in [1.82, 2.24) is 14.7 Å². The molecule has 3 aromatic rings. The highest BCUT2D eigenvalue weighted by Crippen LogP contribution is 2.22. The van der Waals surface area contributed by atoms with Gasteiger partial charge in [-0.3, -0.25) is 4.79 Å². The third-order valence-electron chi connectivity index (χ3n) is 3.74. The van der Waals surface area contributed by atoms with Gasteiger partial charge in [0.25, 0.3) is 5.56 Å². The molecular weight excluding hydrogens is 354 g/mol. The number of ether oxygens (including phenoxy) is 1. The molecule has 136 valence electrons. The van der Waals surface area contributed by atoms with Gasteiger partial charge in [-0.05, 0) is 37.3 Å². The molecule has 0 radical (unpaired) electrons. The smallest absolute Gasteiger partial charge is 0.259 e. The molecule has 0 saturated carbocycles. The predicted octanol–water partition coefficient (Wildman–Crippen LogP) is 2.29. The minimum atomic E-state index is -3.59.